The minimum absolute atomic E-state index is 0.0254. The Morgan fingerprint density at radius 1 is 1.44 bits per heavy atom. The molecule has 1 saturated carbocycles. The summed E-state index contributed by atoms with van der Waals surface area (Å²) in [4.78, 5) is 11.4. The highest BCUT2D eigenvalue weighted by Gasteiger charge is 2.58. The van der Waals surface area contributed by atoms with Gasteiger partial charge >= 0.3 is 0 Å². The van der Waals surface area contributed by atoms with Crippen LogP contribution in [0.3, 0.4) is 0 Å². The zero-order valence-corrected chi connectivity index (χ0v) is 11.5. The van der Waals surface area contributed by atoms with E-state index in [0.717, 1.165) is 12.3 Å². The lowest BCUT2D eigenvalue weighted by Gasteiger charge is -2.54. The quantitative estimate of drug-likeness (QED) is 0.616. The maximum absolute atomic E-state index is 11.4. The van der Waals surface area contributed by atoms with E-state index in [1.165, 1.54) is 12.8 Å². The molecule has 2 fully saturated rings. The molecule has 0 radical (unpaired) electrons. The number of nitrogens with one attached hydrogen (secondary N) is 1. The summed E-state index contributed by atoms with van der Waals surface area (Å²) >= 11 is 0. The van der Waals surface area contributed by atoms with Gasteiger partial charge in [0.2, 0.25) is 5.91 Å². The molecule has 1 amide bonds. The van der Waals surface area contributed by atoms with Crippen molar-refractivity contribution in [2.75, 3.05) is 0 Å². The Labute approximate surface area is 109 Å². The predicted octanol–water partition coefficient (Wildman–Crippen LogP) is 2.48. The van der Waals surface area contributed by atoms with Crippen LogP contribution in [0.15, 0.2) is 12.2 Å². The number of fused-ring (bicyclic) bond motifs is 1. The SMILES string of the molecule is CC1CCC(C(C)C)C(O[C@@]23C=C[C@H]2C(=O)N3)C1. The number of hydrogen-bond donors (Lipinski definition) is 1. The second kappa shape index (κ2) is 4.09. The highest BCUT2D eigenvalue weighted by Crippen LogP contribution is 2.44. The Hall–Kier alpha value is -0.830. The molecule has 3 rings (SSSR count). The van der Waals surface area contributed by atoms with Crippen molar-refractivity contribution < 1.29 is 9.53 Å². The average molecular weight is 249 g/mol. The molecule has 1 heterocycles. The van der Waals surface area contributed by atoms with Gasteiger partial charge in [0.05, 0.1) is 6.10 Å². The molecule has 0 bridgehead atoms. The average Bonchev–Trinajstić information content (AvgIpc) is 2.26. The molecule has 0 spiro atoms. The number of rotatable bonds is 3. The van der Waals surface area contributed by atoms with Crippen molar-refractivity contribution in [3.05, 3.63) is 12.2 Å². The summed E-state index contributed by atoms with van der Waals surface area (Å²) < 4.78 is 6.31. The fourth-order valence-corrected chi connectivity index (χ4v) is 3.60. The van der Waals surface area contributed by atoms with Gasteiger partial charge in [-0.2, -0.15) is 0 Å². The molecule has 5 atom stereocenters. The van der Waals surface area contributed by atoms with Crippen LogP contribution in [0.5, 0.6) is 0 Å². The number of ether oxygens (including phenoxy) is 1. The highest BCUT2D eigenvalue weighted by molar-refractivity contribution is 5.92. The van der Waals surface area contributed by atoms with Gasteiger partial charge in [0.15, 0.2) is 5.72 Å². The fraction of sp³-hybridized carbons (Fsp3) is 0.800. The molecule has 3 heteroatoms. The Morgan fingerprint density at radius 2 is 2.22 bits per heavy atom. The first-order valence-electron chi connectivity index (χ1n) is 7.21. The van der Waals surface area contributed by atoms with Gasteiger partial charge in [0.1, 0.15) is 5.92 Å². The molecule has 3 nitrogen and oxygen atoms in total. The van der Waals surface area contributed by atoms with Crippen molar-refractivity contribution in [2.24, 2.45) is 23.7 Å². The Balaban J connectivity index is 1.70. The molecule has 100 valence electrons. The maximum Gasteiger partial charge on any atom is 0.234 e. The van der Waals surface area contributed by atoms with E-state index < -0.39 is 5.72 Å². The standard InChI is InChI=1S/C15H23NO2/c1-9(2)11-5-4-10(3)8-13(11)18-15-7-6-12(15)14(17)16-15/h6-7,9-13H,4-5,8H2,1-3H3,(H,16,17)/t10?,11?,12-,13?,15-/m0/s1. The smallest absolute Gasteiger partial charge is 0.234 e. The van der Waals surface area contributed by atoms with Crippen molar-refractivity contribution in [2.45, 2.75) is 51.9 Å². The van der Waals surface area contributed by atoms with Gasteiger partial charge in [-0.3, -0.25) is 4.79 Å². The number of amides is 1. The third-order valence-electron chi connectivity index (χ3n) is 4.91. The van der Waals surface area contributed by atoms with Crippen LogP contribution in [-0.2, 0) is 9.53 Å². The summed E-state index contributed by atoms with van der Waals surface area (Å²) in [7, 11) is 0. The van der Waals surface area contributed by atoms with Gasteiger partial charge in [-0.05, 0) is 36.7 Å². The molecule has 1 saturated heterocycles. The first-order chi connectivity index (χ1) is 8.52. The van der Waals surface area contributed by atoms with E-state index in [1.807, 2.05) is 12.2 Å². The number of carbonyl (C=O) groups is 1. The van der Waals surface area contributed by atoms with Crippen molar-refractivity contribution >= 4 is 5.91 Å². The van der Waals surface area contributed by atoms with E-state index in [4.69, 9.17) is 4.74 Å². The van der Waals surface area contributed by atoms with Crippen LogP contribution in [0.25, 0.3) is 0 Å². The van der Waals surface area contributed by atoms with Crippen LogP contribution in [0.4, 0.5) is 0 Å². The molecule has 0 aromatic carbocycles. The molecule has 0 aromatic rings. The largest absolute Gasteiger partial charge is 0.347 e. The Bertz CT molecular complexity index is 390. The number of hydrogen-bond acceptors (Lipinski definition) is 2. The van der Waals surface area contributed by atoms with Gasteiger partial charge in [0, 0.05) is 0 Å². The van der Waals surface area contributed by atoms with Gasteiger partial charge in [-0.25, -0.2) is 0 Å². The molecule has 0 aromatic heterocycles. The summed E-state index contributed by atoms with van der Waals surface area (Å²) in [5.74, 6) is 2.10. The number of β-lactam (4-membered cyclic amide) rings is 1. The molecule has 1 aliphatic heterocycles. The number of carbonyl (C=O) groups excluding carboxylic acids is 1. The summed E-state index contributed by atoms with van der Waals surface area (Å²) in [5, 5.41) is 2.93. The summed E-state index contributed by atoms with van der Waals surface area (Å²) in [5.41, 5.74) is -0.439. The third kappa shape index (κ3) is 1.71. The van der Waals surface area contributed by atoms with Gasteiger partial charge in [-0.1, -0.05) is 33.3 Å². The second-order valence-corrected chi connectivity index (χ2v) is 6.60. The van der Waals surface area contributed by atoms with Crippen LogP contribution >= 0.6 is 0 Å². The molecule has 3 unspecified atom stereocenters. The first-order valence-corrected chi connectivity index (χ1v) is 7.21. The lowest BCUT2D eigenvalue weighted by molar-refractivity contribution is -0.200. The fourth-order valence-electron chi connectivity index (χ4n) is 3.60. The lowest BCUT2D eigenvalue weighted by atomic mass is 9.73. The van der Waals surface area contributed by atoms with Gasteiger partial charge in [-0.15, -0.1) is 0 Å². The Morgan fingerprint density at radius 3 is 2.72 bits per heavy atom. The molecule has 18 heavy (non-hydrogen) atoms. The van der Waals surface area contributed by atoms with E-state index in [2.05, 4.69) is 26.1 Å². The molecule has 3 aliphatic rings. The maximum atomic E-state index is 11.4. The van der Waals surface area contributed by atoms with Crippen molar-refractivity contribution in [1.29, 1.82) is 0 Å². The van der Waals surface area contributed by atoms with Crippen LogP contribution in [0.2, 0.25) is 0 Å². The highest BCUT2D eigenvalue weighted by atomic mass is 16.5. The Kier molecular flexibility index (Phi) is 2.77. The van der Waals surface area contributed by atoms with E-state index in [0.29, 0.717) is 17.9 Å². The lowest BCUT2D eigenvalue weighted by Crippen LogP contribution is -2.74. The van der Waals surface area contributed by atoms with E-state index >= 15 is 0 Å². The zero-order chi connectivity index (χ0) is 12.9. The second-order valence-electron chi connectivity index (χ2n) is 6.60. The van der Waals surface area contributed by atoms with Crippen LogP contribution in [0, 0.1) is 23.7 Å². The van der Waals surface area contributed by atoms with Crippen molar-refractivity contribution in [3.63, 3.8) is 0 Å². The molecular formula is C15H23NO2. The van der Waals surface area contributed by atoms with Gasteiger partial charge in [0.25, 0.3) is 0 Å². The monoisotopic (exact) mass is 249 g/mol. The predicted molar refractivity (Wildman–Crippen MR) is 69.7 cm³/mol. The zero-order valence-electron chi connectivity index (χ0n) is 11.5. The summed E-state index contributed by atoms with van der Waals surface area (Å²) in [6.07, 6.45) is 7.94. The normalized spacial score (nSPS) is 46.1. The van der Waals surface area contributed by atoms with E-state index in [1.54, 1.807) is 0 Å². The summed E-state index contributed by atoms with van der Waals surface area (Å²) in [6.45, 7) is 6.86. The van der Waals surface area contributed by atoms with Crippen molar-refractivity contribution in [3.8, 4) is 0 Å². The first kappa shape index (κ1) is 12.2. The van der Waals surface area contributed by atoms with Crippen molar-refractivity contribution in [1.82, 2.24) is 5.32 Å². The van der Waals surface area contributed by atoms with E-state index in [9.17, 15) is 4.79 Å². The van der Waals surface area contributed by atoms with Crippen LogP contribution in [0.1, 0.15) is 40.0 Å². The van der Waals surface area contributed by atoms with Gasteiger partial charge < -0.3 is 10.1 Å². The van der Waals surface area contributed by atoms with Crippen LogP contribution < -0.4 is 5.32 Å². The molecule has 1 N–H and O–H groups in total. The third-order valence-corrected chi connectivity index (χ3v) is 4.91. The minimum Gasteiger partial charge on any atom is -0.347 e. The minimum atomic E-state index is -0.439. The molecule has 2 aliphatic carbocycles. The summed E-state index contributed by atoms with van der Waals surface area (Å²) in [6, 6.07) is 0. The topological polar surface area (TPSA) is 38.3 Å². The van der Waals surface area contributed by atoms with Crippen LogP contribution in [-0.4, -0.2) is 17.7 Å². The molecular weight excluding hydrogens is 226 g/mol. The van der Waals surface area contributed by atoms with E-state index in [-0.39, 0.29) is 11.8 Å².